The van der Waals surface area contributed by atoms with E-state index in [0.29, 0.717) is 22.2 Å². The predicted molar refractivity (Wildman–Crippen MR) is 107 cm³/mol. The molecule has 0 bridgehead atoms. The first kappa shape index (κ1) is 18.5. The van der Waals surface area contributed by atoms with Crippen LogP contribution in [0.2, 0.25) is 5.02 Å². The normalized spacial score (nSPS) is 11.1. The maximum atomic E-state index is 12.5. The quantitative estimate of drug-likeness (QED) is 0.458. The molecule has 5 heteroatoms. The molecule has 3 aromatic rings. The van der Waals surface area contributed by atoms with Gasteiger partial charge in [0.2, 0.25) is 0 Å². The number of furan rings is 1. The molecule has 2 aromatic carbocycles. The van der Waals surface area contributed by atoms with Crippen molar-refractivity contribution < 1.29 is 9.21 Å². The van der Waals surface area contributed by atoms with Gasteiger partial charge in [-0.25, -0.2) is 0 Å². The molecule has 0 saturated heterocycles. The predicted octanol–water partition coefficient (Wildman–Crippen LogP) is 5.71. The lowest BCUT2D eigenvalue weighted by molar-refractivity contribution is -0.112. The molecule has 4 nitrogen and oxygen atoms in total. The number of benzene rings is 2. The van der Waals surface area contributed by atoms with Gasteiger partial charge in [-0.1, -0.05) is 48.9 Å². The average Bonchev–Trinajstić information content (AvgIpc) is 3.15. The molecule has 0 spiro atoms. The third kappa shape index (κ3) is 4.28. The number of hydrogen-bond donors (Lipinski definition) is 1. The number of para-hydroxylation sites is 1. The summed E-state index contributed by atoms with van der Waals surface area (Å²) >= 11 is 6.18. The number of amides is 1. The Balaban J connectivity index is 1.84. The summed E-state index contributed by atoms with van der Waals surface area (Å²) in [5.74, 6) is 0.496. The lowest BCUT2D eigenvalue weighted by Crippen LogP contribution is -2.14. The van der Waals surface area contributed by atoms with Crippen LogP contribution in [0.5, 0.6) is 0 Å². The minimum absolute atomic E-state index is 0.0408. The Morgan fingerprint density at radius 2 is 1.89 bits per heavy atom. The Morgan fingerprint density at radius 1 is 1.15 bits per heavy atom. The number of aryl methyl sites for hydroxylation is 1. The van der Waals surface area contributed by atoms with Crippen LogP contribution in [-0.2, 0) is 11.2 Å². The molecule has 0 atom stereocenters. The maximum absolute atomic E-state index is 12.5. The van der Waals surface area contributed by atoms with Crippen LogP contribution < -0.4 is 5.32 Å². The summed E-state index contributed by atoms with van der Waals surface area (Å²) in [6.07, 6.45) is 2.20. The van der Waals surface area contributed by atoms with Crippen LogP contribution in [0.15, 0.2) is 70.7 Å². The SMILES string of the molecule is CCc1ccccc1NC(=O)/C(C#N)=C/c1ccc(-c2ccccc2Cl)o1. The molecule has 0 aliphatic carbocycles. The zero-order chi connectivity index (χ0) is 19.2. The second kappa shape index (κ2) is 8.39. The standard InChI is InChI=1S/C22H17ClN2O2/c1-2-15-7-3-6-10-20(15)25-22(26)16(14-24)13-17-11-12-21(27-17)18-8-4-5-9-19(18)23/h3-13H,2H2,1H3,(H,25,26)/b16-13+. The summed E-state index contributed by atoms with van der Waals surface area (Å²) < 4.78 is 5.74. The van der Waals surface area contributed by atoms with E-state index in [1.165, 1.54) is 6.08 Å². The van der Waals surface area contributed by atoms with Gasteiger partial charge in [-0.2, -0.15) is 5.26 Å². The first-order chi connectivity index (χ1) is 13.1. The van der Waals surface area contributed by atoms with Crippen LogP contribution in [-0.4, -0.2) is 5.91 Å². The van der Waals surface area contributed by atoms with E-state index < -0.39 is 5.91 Å². The van der Waals surface area contributed by atoms with Gasteiger partial charge in [0.25, 0.3) is 5.91 Å². The van der Waals surface area contributed by atoms with E-state index in [9.17, 15) is 10.1 Å². The van der Waals surface area contributed by atoms with Crippen molar-refractivity contribution in [2.75, 3.05) is 5.32 Å². The van der Waals surface area contributed by atoms with Gasteiger partial charge >= 0.3 is 0 Å². The number of nitrogens with one attached hydrogen (secondary N) is 1. The molecule has 1 N–H and O–H groups in total. The fraction of sp³-hybridized carbons (Fsp3) is 0.0909. The zero-order valence-corrected chi connectivity index (χ0v) is 15.5. The number of hydrogen-bond acceptors (Lipinski definition) is 3. The van der Waals surface area contributed by atoms with Gasteiger partial charge < -0.3 is 9.73 Å². The van der Waals surface area contributed by atoms with Crippen LogP contribution in [0.4, 0.5) is 5.69 Å². The lowest BCUT2D eigenvalue weighted by atomic mass is 10.1. The summed E-state index contributed by atoms with van der Waals surface area (Å²) in [5, 5.41) is 12.7. The van der Waals surface area contributed by atoms with Crippen LogP contribution in [0.25, 0.3) is 17.4 Å². The number of nitrogens with zero attached hydrogens (tertiary/aromatic N) is 1. The summed E-state index contributed by atoms with van der Waals surface area (Å²) in [7, 11) is 0. The van der Waals surface area contributed by atoms with Crippen molar-refractivity contribution in [3.63, 3.8) is 0 Å². The molecule has 0 aliphatic rings. The third-order valence-electron chi connectivity index (χ3n) is 4.06. The fourth-order valence-electron chi connectivity index (χ4n) is 2.67. The molecule has 1 heterocycles. The molecule has 27 heavy (non-hydrogen) atoms. The Bertz CT molecular complexity index is 1040. The molecule has 0 radical (unpaired) electrons. The van der Waals surface area contributed by atoms with Crippen molar-refractivity contribution in [3.8, 4) is 17.4 Å². The highest BCUT2D eigenvalue weighted by Crippen LogP contribution is 2.29. The van der Waals surface area contributed by atoms with Crippen LogP contribution in [0.1, 0.15) is 18.2 Å². The maximum Gasteiger partial charge on any atom is 0.266 e. The summed E-state index contributed by atoms with van der Waals surface area (Å²) in [4.78, 5) is 12.5. The summed E-state index contributed by atoms with van der Waals surface area (Å²) in [6, 6.07) is 20.2. The third-order valence-corrected chi connectivity index (χ3v) is 4.39. The molecule has 0 fully saturated rings. The first-order valence-electron chi connectivity index (χ1n) is 8.48. The molecule has 1 amide bonds. The number of halogens is 1. The molecular weight excluding hydrogens is 360 g/mol. The van der Waals surface area contributed by atoms with E-state index in [-0.39, 0.29) is 5.57 Å². The van der Waals surface area contributed by atoms with E-state index >= 15 is 0 Å². The molecule has 0 saturated carbocycles. The average molecular weight is 377 g/mol. The van der Waals surface area contributed by atoms with E-state index in [1.807, 2.05) is 55.5 Å². The summed E-state index contributed by atoms with van der Waals surface area (Å²) in [5.41, 5.74) is 2.41. The van der Waals surface area contributed by atoms with Gasteiger partial charge in [-0.3, -0.25) is 4.79 Å². The molecular formula is C22H17ClN2O2. The Morgan fingerprint density at radius 3 is 2.63 bits per heavy atom. The van der Waals surface area contributed by atoms with Crippen LogP contribution in [0.3, 0.4) is 0 Å². The number of rotatable bonds is 5. The molecule has 0 unspecified atom stereocenters. The van der Waals surface area contributed by atoms with Gasteiger partial charge in [0.15, 0.2) is 0 Å². The van der Waals surface area contributed by atoms with Crippen molar-refractivity contribution in [3.05, 3.63) is 82.6 Å². The highest BCUT2D eigenvalue weighted by Gasteiger charge is 2.13. The van der Waals surface area contributed by atoms with Gasteiger partial charge in [0.1, 0.15) is 23.2 Å². The first-order valence-corrected chi connectivity index (χ1v) is 8.86. The van der Waals surface area contributed by atoms with Crippen molar-refractivity contribution in [1.29, 1.82) is 5.26 Å². The molecule has 134 valence electrons. The second-order valence-corrected chi connectivity index (χ2v) is 6.22. The number of anilines is 1. The van der Waals surface area contributed by atoms with Gasteiger partial charge in [-0.15, -0.1) is 0 Å². The van der Waals surface area contributed by atoms with E-state index in [0.717, 1.165) is 17.5 Å². The Labute approximate surface area is 162 Å². The highest BCUT2D eigenvalue weighted by atomic mass is 35.5. The number of carbonyl (C=O) groups excluding carboxylic acids is 1. The Kier molecular flexibility index (Phi) is 5.75. The van der Waals surface area contributed by atoms with Gasteiger partial charge in [-0.05, 0) is 42.3 Å². The topological polar surface area (TPSA) is 66.0 Å². The monoisotopic (exact) mass is 376 g/mol. The lowest BCUT2D eigenvalue weighted by Gasteiger charge is -2.08. The van der Waals surface area contributed by atoms with E-state index in [2.05, 4.69) is 5.32 Å². The second-order valence-electron chi connectivity index (χ2n) is 5.82. The largest absolute Gasteiger partial charge is 0.457 e. The minimum atomic E-state index is -0.478. The zero-order valence-electron chi connectivity index (χ0n) is 14.7. The smallest absolute Gasteiger partial charge is 0.266 e. The van der Waals surface area contributed by atoms with Gasteiger partial charge in [0.05, 0.1) is 5.02 Å². The summed E-state index contributed by atoms with van der Waals surface area (Å²) in [6.45, 7) is 2.01. The van der Waals surface area contributed by atoms with Crippen LogP contribution in [0, 0.1) is 11.3 Å². The van der Waals surface area contributed by atoms with E-state index in [1.54, 1.807) is 18.2 Å². The van der Waals surface area contributed by atoms with Crippen molar-refractivity contribution in [2.24, 2.45) is 0 Å². The minimum Gasteiger partial charge on any atom is -0.457 e. The van der Waals surface area contributed by atoms with Crippen molar-refractivity contribution in [1.82, 2.24) is 0 Å². The molecule has 1 aromatic heterocycles. The van der Waals surface area contributed by atoms with Gasteiger partial charge in [0, 0.05) is 17.3 Å². The fourth-order valence-corrected chi connectivity index (χ4v) is 2.90. The Hall–Kier alpha value is -3.29. The number of nitriles is 1. The van der Waals surface area contributed by atoms with Crippen molar-refractivity contribution >= 4 is 29.3 Å². The molecule has 3 rings (SSSR count). The molecule has 0 aliphatic heterocycles. The highest BCUT2D eigenvalue weighted by molar-refractivity contribution is 6.33. The van der Waals surface area contributed by atoms with E-state index in [4.69, 9.17) is 16.0 Å². The van der Waals surface area contributed by atoms with Crippen molar-refractivity contribution in [2.45, 2.75) is 13.3 Å². The number of carbonyl (C=O) groups is 1. The van der Waals surface area contributed by atoms with Crippen LogP contribution >= 0.6 is 11.6 Å².